The lowest BCUT2D eigenvalue weighted by atomic mass is 10.2. The van der Waals surface area contributed by atoms with Gasteiger partial charge in [-0.15, -0.1) is 11.8 Å². The van der Waals surface area contributed by atoms with Gasteiger partial charge in [0, 0.05) is 22.2 Å². The first-order chi connectivity index (χ1) is 8.69. The van der Waals surface area contributed by atoms with E-state index >= 15 is 0 Å². The van der Waals surface area contributed by atoms with Crippen LogP contribution in [-0.4, -0.2) is 6.26 Å². The van der Waals surface area contributed by atoms with Crippen molar-refractivity contribution in [3.63, 3.8) is 0 Å². The molecule has 0 heterocycles. The fraction of sp³-hybridized carbons (Fsp3) is 0.200. The van der Waals surface area contributed by atoms with Gasteiger partial charge in [0.05, 0.1) is 0 Å². The minimum Gasteiger partial charge on any atom is -0.381 e. The van der Waals surface area contributed by atoms with E-state index < -0.39 is 0 Å². The smallest absolute Gasteiger partial charge is 0.0410 e. The standard InChI is InChI=1S/C15H16ClNS/c1-11-9-13(16)5-8-15(11)17-10-12-3-6-14(18-2)7-4-12/h3-9,17H,10H2,1-2H3. The van der Waals surface area contributed by atoms with E-state index in [0.29, 0.717) is 0 Å². The number of nitrogens with one attached hydrogen (secondary N) is 1. The molecule has 0 aliphatic heterocycles. The number of anilines is 1. The molecule has 0 aliphatic rings. The fourth-order valence-corrected chi connectivity index (χ4v) is 2.40. The molecule has 0 saturated heterocycles. The lowest BCUT2D eigenvalue weighted by Gasteiger charge is -2.10. The Hall–Kier alpha value is -1.12. The first kappa shape index (κ1) is 13.3. The van der Waals surface area contributed by atoms with Crippen molar-refractivity contribution in [3.05, 3.63) is 58.6 Å². The van der Waals surface area contributed by atoms with Gasteiger partial charge in [-0.05, 0) is 54.6 Å². The Morgan fingerprint density at radius 1 is 1.11 bits per heavy atom. The third-order valence-corrected chi connectivity index (χ3v) is 3.81. The number of hydrogen-bond donors (Lipinski definition) is 1. The Balaban J connectivity index is 2.02. The zero-order valence-electron chi connectivity index (χ0n) is 10.5. The summed E-state index contributed by atoms with van der Waals surface area (Å²) in [5, 5.41) is 4.21. The Labute approximate surface area is 118 Å². The highest BCUT2D eigenvalue weighted by atomic mass is 35.5. The summed E-state index contributed by atoms with van der Waals surface area (Å²) in [4.78, 5) is 1.29. The second-order valence-electron chi connectivity index (χ2n) is 4.16. The van der Waals surface area contributed by atoms with E-state index in [1.807, 2.05) is 18.2 Å². The molecule has 0 aliphatic carbocycles. The normalized spacial score (nSPS) is 10.4. The zero-order valence-corrected chi connectivity index (χ0v) is 12.1. The van der Waals surface area contributed by atoms with E-state index in [1.165, 1.54) is 16.0 Å². The van der Waals surface area contributed by atoms with Gasteiger partial charge in [0.15, 0.2) is 0 Å². The molecule has 1 N–H and O–H groups in total. The molecule has 3 heteroatoms. The minimum absolute atomic E-state index is 0.780. The van der Waals surface area contributed by atoms with Crippen LogP contribution in [-0.2, 0) is 6.54 Å². The van der Waals surface area contributed by atoms with E-state index in [2.05, 4.69) is 42.8 Å². The zero-order chi connectivity index (χ0) is 13.0. The van der Waals surface area contributed by atoms with Crippen molar-refractivity contribution >= 4 is 29.1 Å². The Kier molecular flexibility index (Phi) is 4.56. The maximum absolute atomic E-state index is 5.94. The van der Waals surface area contributed by atoms with Crippen molar-refractivity contribution in [2.24, 2.45) is 0 Å². The molecule has 0 saturated carbocycles. The maximum atomic E-state index is 5.94. The molecular formula is C15H16ClNS. The van der Waals surface area contributed by atoms with Crippen LogP contribution in [0.2, 0.25) is 5.02 Å². The van der Waals surface area contributed by atoms with Gasteiger partial charge in [0.25, 0.3) is 0 Å². The minimum atomic E-state index is 0.780. The largest absolute Gasteiger partial charge is 0.381 e. The molecule has 0 bridgehead atoms. The molecule has 1 nitrogen and oxygen atoms in total. The van der Waals surface area contributed by atoms with Gasteiger partial charge in [0.1, 0.15) is 0 Å². The van der Waals surface area contributed by atoms with Crippen molar-refractivity contribution in [2.45, 2.75) is 18.4 Å². The number of benzene rings is 2. The van der Waals surface area contributed by atoms with E-state index in [1.54, 1.807) is 11.8 Å². The molecule has 94 valence electrons. The molecule has 0 aromatic heterocycles. The quantitative estimate of drug-likeness (QED) is 0.791. The van der Waals surface area contributed by atoms with Gasteiger partial charge in [0.2, 0.25) is 0 Å². The predicted molar refractivity (Wildman–Crippen MR) is 81.7 cm³/mol. The topological polar surface area (TPSA) is 12.0 Å². The average Bonchev–Trinajstić information content (AvgIpc) is 2.38. The second kappa shape index (κ2) is 6.17. The van der Waals surface area contributed by atoms with Crippen LogP contribution in [0.4, 0.5) is 5.69 Å². The van der Waals surface area contributed by atoms with Gasteiger partial charge < -0.3 is 5.32 Å². The number of rotatable bonds is 4. The lowest BCUT2D eigenvalue weighted by Crippen LogP contribution is -2.00. The van der Waals surface area contributed by atoms with E-state index in [-0.39, 0.29) is 0 Å². The molecule has 0 radical (unpaired) electrons. The summed E-state index contributed by atoms with van der Waals surface area (Å²) in [6, 6.07) is 14.5. The van der Waals surface area contributed by atoms with Crippen LogP contribution < -0.4 is 5.32 Å². The van der Waals surface area contributed by atoms with Crippen molar-refractivity contribution in [1.29, 1.82) is 0 Å². The molecule has 0 amide bonds. The summed E-state index contributed by atoms with van der Waals surface area (Å²) >= 11 is 7.70. The third-order valence-electron chi connectivity index (χ3n) is 2.83. The van der Waals surface area contributed by atoms with Gasteiger partial charge in [-0.2, -0.15) is 0 Å². The number of hydrogen-bond acceptors (Lipinski definition) is 2. The third kappa shape index (κ3) is 3.44. The highest BCUT2D eigenvalue weighted by Crippen LogP contribution is 2.21. The monoisotopic (exact) mass is 277 g/mol. The number of halogens is 1. The highest BCUT2D eigenvalue weighted by Gasteiger charge is 1.99. The number of aryl methyl sites for hydroxylation is 1. The van der Waals surface area contributed by atoms with Gasteiger partial charge in [-0.1, -0.05) is 23.7 Å². The molecule has 0 unspecified atom stereocenters. The van der Waals surface area contributed by atoms with E-state index in [4.69, 9.17) is 11.6 Å². The SMILES string of the molecule is CSc1ccc(CNc2ccc(Cl)cc2C)cc1. The maximum Gasteiger partial charge on any atom is 0.0410 e. The van der Waals surface area contributed by atoms with Gasteiger partial charge >= 0.3 is 0 Å². The predicted octanol–water partition coefficient (Wildman–Crippen LogP) is 4.98. The Bertz CT molecular complexity index is 523. The molecule has 0 fully saturated rings. The van der Waals surface area contributed by atoms with Crippen LogP contribution in [0.25, 0.3) is 0 Å². The average molecular weight is 278 g/mol. The van der Waals surface area contributed by atoms with Crippen LogP contribution in [0.3, 0.4) is 0 Å². The van der Waals surface area contributed by atoms with Crippen molar-refractivity contribution in [2.75, 3.05) is 11.6 Å². The summed E-state index contributed by atoms with van der Waals surface area (Å²) in [5.41, 5.74) is 3.58. The van der Waals surface area contributed by atoms with Crippen LogP contribution in [0.1, 0.15) is 11.1 Å². The van der Waals surface area contributed by atoms with Crippen LogP contribution in [0.5, 0.6) is 0 Å². The Morgan fingerprint density at radius 3 is 2.44 bits per heavy atom. The van der Waals surface area contributed by atoms with Crippen molar-refractivity contribution < 1.29 is 0 Å². The summed E-state index contributed by atoms with van der Waals surface area (Å²) in [6.07, 6.45) is 2.09. The Morgan fingerprint density at radius 2 is 1.83 bits per heavy atom. The summed E-state index contributed by atoms with van der Waals surface area (Å²) in [7, 11) is 0. The number of thioether (sulfide) groups is 1. The summed E-state index contributed by atoms with van der Waals surface area (Å²) < 4.78 is 0. The van der Waals surface area contributed by atoms with E-state index in [0.717, 1.165) is 17.3 Å². The molecule has 2 aromatic carbocycles. The van der Waals surface area contributed by atoms with Gasteiger partial charge in [-0.3, -0.25) is 0 Å². The first-order valence-corrected chi connectivity index (χ1v) is 7.42. The van der Waals surface area contributed by atoms with Crippen molar-refractivity contribution in [3.8, 4) is 0 Å². The summed E-state index contributed by atoms with van der Waals surface area (Å²) in [6.45, 7) is 2.89. The molecular weight excluding hydrogens is 262 g/mol. The molecule has 18 heavy (non-hydrogen) atoms. The van der Waals surface area contributed by atoms with Crippen LogP contribution in [0.15, 0.2) is 47.4 Å². The fourth-order valence-electron chi connectivity index (χ4n) is 1.77. The van der Waals surface area contributed by atoms with Crippen LogP contribution in [0, 0.1) is 6.92 Å². The lowest BCUT2D eigenvalue weighted by molar-refractivity contribution is 1.13. The molecule has 0 atom stereocenters. The van der Waals surface area contributed by atoms with Crippen LogP contribution >= 0.6 is 23.4 Å². The molecule has 2 aromatic rings. The first-order valence-electron chi connectivity index (χ1n) is 5.82. The second-order valence-corrected chi connectivity index (χ2v) is 5.48. The molecule has 0 spiro atoms. The van der Waals surface area contributed by atoms with E-state index in [9.17, 15) is 0 Å². The van der Waals surface area contributed by atoms with Gasteiger partial charge in [-0.25, -0.2) is 0 Å². The molecule has 2 rings (SSSR count). The highest BCUT2D eigenvalue weighted by molar-refractivity contribution is 7.98. The van der Waals surface area contributed by atoms with Crippen molar-refractivity contribution in [1.82, 2.24) is 0 Å². The summed E-state index contributed by atoms with van der Waals surface area (Å²) in [5.74, 6) is 0.